The molecule has 4 heteroatoms. The quantitative estimate of drug-likeness (QED) is 0.279. The van der Waals surface area contributed by atoms with Gasteiger partial charge in [0.25, 0.3) is 0 Å². The minimum absolute atomic E-state index is 0.127. The lowest BCUT2D eigenvalue weighted by Crippen LogP contribution is -2.22. The van der Waals surface area contributed by atoms with E-state index in [4.69, 9.17) is 0 Å². The normalized spacial score (nSPS) is 8.56. The summed E-state index contributed by atoms with van der Waals surface area (Å²) < 4.78 is 0. The van der Waals surface area contributed by atoms with E-state index < -0.39 is 0 Å². The monoisotopic (exact) mass is 163 g/mol. The highest BCUT2D eigenvalue weighted by molar-refractivity contribution is 8.68. The maximum Gasteiger partial charge on any atom is 0.243 e. The van der Waals surface area contributed by atoms with Crippen LogP contribution in [-0.2, 0) is 4.79 Å². The molecule has 0 radical (unpaired) electrons. The molecular formula is C5H9NOS2. The molecule has 0 aromatic rings. The molecule has 0 saturated carbocycles. The molecule has 0 bridgehead atoms. The lowest BCUT2D eigenvalue weighted by molar-refractivity contribution is -0.116. The molecule has 0 atom stereocenters. The molecule has 0 aromatic heterocycles. The van der Waals surface area contributed by atoms with Crippen molar-refractivity contribution < 1.29 is 4.79 Å². The highest BCUT2D eigenvalue weighted by atomic mass is 33.1. The molecule has 0 saturated heterocycles. The Hall–Kier alpha value is -0.0900. The number of hydrogen-bond acceptors (Lipinski definition) is 3. The van der Waals surface area contributed by atoms with Crippen LogP contribution in [0.4, 0.5) is 0 Å². The zero-order valence-electron chi connectivity index (χ0n) is 4.96. The maximum absolute atomic E-state index is 10.4. The van der Waals surface area contributed by atoms with Gasteiger partial charge in [-0.1, -0.05) is 17.4 Å². The van der Waals surface area contributed by atoms with E-state index in [0.717, 1.165) is 5.75 Å². The van der Waals surface area contributed by atoms with E-state index in [1.54, 1.807) is 0 Å². The number of carbonyl (C=O) groups is 1. The van der Waals surface area contributed by atoms with E-state index in [9.17, 15) is 4.79 Å². The topological polar surface area (TPSA) is 29.1 Å². The number of thiol groups is 1. The van der Waals surface area contributed by atoms with Crippen molar-refractivity contribution in [1.29, 1.82) is 0 Å². The smallest absolute Gasteiger partial charge is 0.243 e. The number of amides is 1. The van der Waals surface area contributed by atoms with Crippen molar-refractivity contribution in [2.24, 2.45) is 0 Å². The van der Waals surface area contributed by atoms with Gasteiger partial charge in [-0.15, -0.1) is 11.7 Å². The summed E-state index contributed by atoms with van der Waals surface area (Å²) in [6.07, 6.45) is 1.25. The molecule has 9 heavy (non-hydrogen) atoms. The van der Waals surface area contributed by atoms with Crippen LogP contribution in [0.3, 0.4) is 0 Å². The molecular weight excluding hydrogens is 154 g/mol. The fraction of sp³-hybridized carbons (Fsp3) is 0.400. The average Bonchev–Trinajstić information content (AvgIpc) is 1.89. The minimum atomic E-state index is -0.127. The summed E-state index contributed by atoms with van der Waals surface area (Å²) in [6, 6.07) is 0. The van der Waals surface area contributed by atoms with Gasteiger partial charge < -0.3 is 5.32 Å². The van der Waals surface area contributed by atoms with Crippen molar-refractivity contribution >= 4 is 28.4 Å². The van der Waals surface area contributed by atoms with Crippen LogP contribution in [0.5, 0.6) is 0 Å². The van der Waals surface area contributed by atoms with Crippen molar-refractivity contribution in [3.63, 3.8) is 0 Å². The minimum Gasteiger partial charge on any atom is -0.352 e. The number of rotatable bonds is 4. The van der Waals surface area contributed by atoms with E-state index in [1.807, 2.05) is 0 Å². The second-order valence-corrected chi connectivity index (χ2v) is 2.77. The first kappa shape index (κ1) is 8.91. The summed E-state index contributed by atoms with van der Waals surface area (Å²) in [5.41, 5.74) is 0. The molecule has 0 aliphatic heterocycles. The summed E-state index contributed by atoms with van der Waals surface area (Å²) in [4.78, 5) is 10.4. The van der Waals surface area contributed by atoms with Crippen molar-refractivity contribution in [3.05, 3.63) is 12.7 Å². The SMILES string of the molecule is C=CC(=O)NCCSS. The Kier molecular flexibility index (Phi) is 5.98. The third-order valence-electron chi connectivity index (χ3n) is 0.678. The predicted molar refractivity (Wildman–Crippen MR) is 44.7 cm³/mol. The second-order valence-electron chi connectivity index (χ2n) is 1.33. The second kappa shape index (κ2) is 6.04. The van der Waals surface area contributed by atoms with E-state index in [1.165, 1.54) is 16.9 Å². The van der Waals surface area contributed by atoms with Crippen LogP contribution in [0.1, 0.15) is 0 Å². The predicted octanol–water partition coefficient (Wildman–Crippen LogP) is 0.867. The van der Waals surface area contributed by atoms with Crippen molar-refractivity contribution in [1.82, 2.24) is 5.32 Å². The van der Waals surface area contributed by atoms with Gasteiger partial charge in [0.2, 0.25) is 5.91 Å². The molecule has 0 spiro atoms. The summed E-state index contributed by atoms with van der Waals surface area (Å²) in [7, 11) is 1.40. The van der Waals surface area contributed by atoms with Gasteiger partial charge in [0.15, 0.2) is 0 Å². The van der Waals surface area contributed by atoms with Gasteiger partial charge in [-0.2, -0.15) is 0 Å². The van der Waals surface area contributed by atoms with Crippen LogP contribution in [0, 0.1) is 0 Å². The van der Waals surface area contributed by atoms with Crippen LogP contribution in [-0.4, -0.2) is 18.2 Å². The van der Waals surface area contributed by atoms with Crippen LogP contribution >= 0.6 is 22.5 Å². The van der Waals surface area contributed by atoms with E-state index in [2.05, 4.69) is 23.6 Å². The zero-order chi connectivity index (χ0) is 7.11. The van der Waals surface area contributed by atoms with Crippen LogP contribution in [0.2, 0.25) is 0 Å². The Morgan fingerprint density at radius 3 is 3.00 bits per heavy atom. The van der Waals surface area contributed by atoms with Crippen LogP contribution in [0.25, 0.3) is 0 Å². The van der Waals surface area contributed by atoms with E-state index in [-0.39, 0.29) is 5.91 Å². The Balaban J connectivity index is 3.07. The Bertz CT molecular complexity index is 105. The summed E-state index contributed by atoms with van der Waals surface area (Å²) in [5.74, 6) is 0.695. The molecule has 0 fully saturated rings. The van der Waals surface area contributed by atoms with Gasteiger partial charge in [0.1, 0.15) is 0 Å². The average molecular weight is 163 g/mol. The molecule has 0 aromatic carbocycles. The summed E-state index contributed by atoms with van der Waals surface area (Å²) in [5, 5.41) is 2.61. The molecule has 2 nitrogen and oxygen atoms in total. The highest BCUT2D eigenvalue weighted by Crippen LogP contribution is 2.01. The molecule has 0 aliphatic rings. The first-order valence-corrected chi connectivity index (χ1v) is 4.51. The van der Waals surface area contributed by atoms with E-state index in [0.29, 0.717) is 6.54 Å². The Morgan fingerprint density at radius 1 is 1.89 bits per heavy atom. The first-order valence-electron chi connectivity index (χ1n) is 2.48. The third kappa shape index (κ3) is 5.79. The molecule has 0 heterocycles. The van der Waals surface area contributed by atoms with Gasteiger partial charge in [0.05, 0.1) is 0 Å². The first-order chi connectivity index (χ1) is 4.31. The molecule has 1 amide bonds. The van der Waals surface area contributed by atoms with Crippen molar-refractivity contribution in [2.75, 3.05) is 12.3 Å². The largest absolute Gasteiger partial charge is 0.352 e. The van der Waals surface area contributed by atoms with Gasteiger partial charge in [-0.3, -0.25) is 4.79 Å². The molecule has 0 unspecified atom stereocenters. The zero-order valence-corrected chi connectivity index (χ0v) is 6.67. The number of nitrogens with one attached hydrogen (secondary N) is 1. The van der Waals surface area contributed by atoms with E-state index >= 15 is 0 Å². The van der Waals surface area contributed by atoms with Gasteiger partial charge >= 0.3 is 0 Å². The lowest BCUT2D eigenvalue weighted by Gasteiger charge is -1.96. The maximum atomic E-state index is 10.4. The lowest BCUT2D eigenvalue weighted by atomic mass is 10.6. The number of hydrogen-bond donors (Lipinski definition) is 2. The molecule has 0 rings (SSSR count). The van der Waals surface area contributed by atoms with Gasteiger partial charge in [-0.25, -0.2) is 0 Å². The summed E-state index contributed by atoms with van der Waals surface area (Å²) >= 11 is 3.89. The highest BCUT2D eigenvalue weighted by Gasteiger charge is 1.89. The van der Waals surface area contributed by atoms with Crippen molar-refractivity contribution in [3.8, 4) is 0 Å². The fourth-order valence-corrected chi connectivity index (χ4v) is 0.759. The van der Waals surface area contributed by atoms with Crippen molar-refractivity contribution in [2.45, 2.75) is 0 Å². The molecule has 52 valence electrons. The standard InChI is InChI=1S/C5H9NOS2/c1-2-5(7)6-3-4-9-8/h2,8H,1,3-4H2,(H,6,7). The van der Waals surface area contributed by atoms with Crippen LogP contribution < -0.4 is 5.32 Å². The van der Waals surface area contributed by atoms with Gasteiger partial charge in [0, 0.05) is 12.3 Å². The van der Waals surface area contributed by atoms with Crippen LogP contribution in [0.15, 0.2) is 12.7 Å². The molecule has 0 aliphatic carbocycles. The fourth-order valence-electron chi connectivity index (χ4n) is 0.292. The Morgan fingerprint density at radius 2 is 2.56 bits per heavy atom. The third-order valence-corrected chi connectivity index (χ3v) is 1.61. The molecule has 1 N–H and O–H groups in total. The number of carbonyl (C=O) groups excluding carboxylic acids is 1. The summed E-state index contributed by atoms with van der Waals surface area (Å²) in [6.45, 7) is 3.95. The van der Waals surface area contributed by atoms with Gasteiger partial charge in [-0.05, 0) is 6.08 Å². The Labute approximate surface area is 63.9 Å².